The molecule has 1 aromatic rings. The number of carboxylic acids is 2. The van der Waals surface area contributed by atoms with E-state index < -0.39 is 24.3 Å². The molecule has 3 aliphatic heterocycles. The van der Waals surface area contributed by atoms with Crippen molar-refractivity contribution in [1.82, 2.24) is 14.8 Å². The molecule has 4 heterocycles. The van der Waals surface area contributed by atoms with Crippen molar-refractivity contribution in [3.63, 3.8) is 0 Å². The van der Waals surface area contributed by atoms with Crippen LogP contribution in [0.2, 0.25) is 0 Å². The van der Waals surface area contributed by atoms with Crippen molar-refractivity contribution in [2.24, 2.45) is 0 Å². The number of alkyl halides is 6. The molecule has 1 aromatic heterocycles. The number of ether oxygens (including phenoxy) is 3. The summed E-state index contributed by atoms with van der Waals surface area (Å²) < 4.78 is 81.4. The first-order chi connectivity index (χ1) is 18.2. The standard InChI is InChI=1S/C19H29N3O3.2C2HF3O2/c1-2-17(12-20-5-1)13-22-8-11-24-16-19(15-22)4-3-18(25-19)14-21-6-9-23-10-7-21;2*3-2(4,5)1(6)7/h1-2,5,12,18H,3-4,6-11,13-16H2;2*(H,6,7). The fourth-order valence-corrected chi connectivity index (χ4v) is 4.19. The number of aromatic nitrogens is 1. The van der Waals surface area contributed by atoms with E-state index in [0.29, 0.717) is 6.10 Å². The zero-order valence-corrected chi connectivity index (χ0v) is 20.9. The number of aliphatic carboxylic acids is 2. The molecule has 0 radical (unpaired) electrons. The topological polar surface area (TPSA) is 122 Å². The number of carboxylic acid groups (broad SMARTS) is 2. The van der Waals surface area contributed by atoms with Gasteiger partial charge in [-0.2, -0.15) is 26.3 Å². The molecule has 2 unspecified atom stereocenters. The summed E-state index contributed by atoms with van der Waals surface area (Å²) in [5, 5.41) is 14.2. The largest absolute Gasteiger partial charge is 0.490 e. The Kier molecular flexibility index (Phi) is 12.4. The van der Waals surface area contributed by atoms with Crippen LogP contribution in [0, 0.1) is 0 Å². The number of rotatable bonds is 4. The van der Waals surface area contributed by atoms with Crippen molar-refractivity contribution in [2.45, 2.75) is 43.4 Å². The van der Waals surface area contributed by atoms with Gasteiger partial charge in [0, 0.05) is 51.7 Å². The first kappa shape index (κ1) is 32.7. The number of pyridine rings is 1. The second kappa shape index (κ2) is 14.7. The highest BCUT2D eigenvalue weighted by Crippen LogP contribution is 2.34. The molecule has 39 heavy (non-hydrogen) atoms. The summed E-state index contributed by atoms with van der Waals surface area (Å²) in [6, 6.07) is 4.14. The minimum absolute atomic E-state index is 0.143. The molecule has 0 aliphatic carbocycles. The summed E-state index contributed by atoms with van der Waals surface area (Å²) in [5.74, 6) is -5.51. The van der Waals surface area contributed by atoms with Gasteiger partial charge in [0.1, 0.15) is 5.60 Å². The van der Waals surface area contributed by atoms with E-state index in [1.54, 1.807) is 0 Å². The van der Waals surface area contributed by atoms with Crippen LogP contribution in [-0.4, -0.2) is 120 Å². The zero-order valence-electron chi connectivity index (χ0n) is 20.9. The Bertz CT molecular complexity index is 876. The zero-order chi connectivity index (χ0) is 29.1. The van der Waals surface area contributed by atoms with Gasteiger partial charge in [-0.05, 0) is 24.5 Å². The Morgan fingerprint density at radius 2 is 1.54 bits per heavy atom. The Hall–Kier alpha value is -2.53. The van der Waals surface area contributed by atoms with E-state index in [2.05, 4.69) is 20.9 Å². The highest BCUT2D eigenvalue weighted by Gasteiger charge is 2.43. The van der Waals surface area contributed by atoms with Crippen molar-refractivity contribution in [3.8, 4) is 0 Å². The van der Waals surface area contributed by atoms with Crippen LogP contribution >= 0.6 is 0 Å². The maximum absolute atomic E-state index is 10.6. The average Bonchev–Trinajstić information content (AvgIpc) is 3.13. The number of hydrogen-bond donors (Lipinski definition) is 2. The molecule has 3 fully saturated rings. The van der Waals surface area contributed by atoms with Gasteiger partial charge in [-0.1, -0.05) is 6.07 Å². The molecule has 4 rings (SSSR count). The van der Waals surface area contributed by atoms with E-state index in [0.717, 1.165) is 78.5 Å². The van der Waals surface area contributed by atoms with E-state index in [1.807, 2.05) is 18.5 Å². The Balaban J connectivity index is 0.000000317. The van der Waals surface area contributed by atoms with Gasteiger partial charge in [-0.3, -0.25) is 14.8 Å². The van der Waals surface area contributed by atoms with Crippen LogP contribution in [0.25, 0.3) is 0 Å². The molecule has 222 valence electrons. The van der Waals surface area contributed by atoms with Crippen LogP contribution in [0.3, 0.4) is 0 Å². The van der Waals surface area contributed by atoms with Crippen LogP contribution in [-0.2, 0) is 30.3 Å². The summed E-state index contributed by atoms with van der Waals surface area (Å²) in [7, 11) is 0. The molecular weight excluding hydrogens is 544 g/mol. The van der Waals surface area contributed by atoms with E-state index >= 15 is 0 Å². The van der Waals surface area contributed by atoms with Gasteiger partial charge in [0.25, 0.3) is 0 Å². The normalized spacial score (nSPS) is 24.6. The molecule has 3 aliphatic rings. The van der Waals surface area contributed by atoms with Crippen LogP contribution in [0.15, 0.2) is 24.5 Å². The van der Waals surface area contributed by atoms with Crippen molar-refractivity contribution in [3.05, 3.63) is 30.1 Å². The number of morpholine rings is 1. The first-order valence-corrected chi connectivity index (χ1v) is 12.0. The van der Waals surface area contributed by atoms with Crippen LogP contribution in [0.1, 0.15) is 18.4 Å². The Morgan fingerprint density at radius 3 is 2.08 bits per heavy atom. The number of nitrogens with zero attached hydrogens (tertiary/aromatic N) is 3. The van der Waals surface area contributed by atoms with Crippen LogP contribution < -0.4 is 0 Å². The molecule has 0 saturated carbocycles. The third-order valence-corrected chi connectivity index (χ3v) is 5.95. The van der Waals surface area contributed by atoms with Crippen molar-refractivity contribution >= 4 is 11.9 Å². The second-order valence-corrected chi connectivity index (χ2v) is 9.10. The molecule has 1 spiro atoms. The van der Waals surface area contributed by atoms with E-state index in [-0.39, 0.29) is 5.60 Å². The number of carbonyl (C=O) groups is 2. The lowest BCUT2D eigenvalue weighted by Crippen LogP contribution is -2.46. The summed E-state index contributed by atoms with van der Waals surface area (Å²) in [5.41, 5.74) is 1.11. The van der Waals surface area contributed by atoms with Gasteiger partial charge < -0.3 is 24.4 Å². The fourth-order valence-electron chi connectivity index (χ4n) is 4.19. The maximum Gasteiger partial charge on any atom is 0.490 e. The number of hydrogen-bond acceptors (Lipinski definition) is 8. The molecule has 16 heteroatoms. The summed E-state index contributed by atoms with van der Waals surface area (Å²) in [4.78, 5) is 27.0. The third-order valence-electron chi connectivity index (χ3n) is 5.95. The minimum atomic E-state index is -5.08. The predicted molar refractivity (Wildman–Crippen MR) is 122 cm³/mol. The van der Waals surface area contributed by atoms with Gasteiger partial charge in [0.05, 0.1) is 32.5 Å². The van der Waals surface area contributed by atoms with Gasteiger partial charge in [-0.25, -0.2) is 9.59 Å². The van der Waals surface area contributed by atoms with Crippen molar-refractivity contribution in [1.29, 1.82) is 0 Å². The molecule has 0 bridgehead atoms. The highest BCUT2D eigenvalue weighted by molar-refractivity contribution is 5.73. The summed E-state index contributed by atoms with van der Waals surface area (Å²) in [6.45, 7) is 9.07. The molecule has 2 N–H and O–H groups in total. The molecular formula is C23H31F6N3O7. The molecule has 0 amide bonds. The molecule has 3 saturated heterocycles. The SMILES string of the molecule is O=C(O)C(F)(F)F.O=C(O)C(F)(F)F.c1cncc(CN2CCOCC3(CCC(CN4CCOCC4)O3)C2)c1. The van der Waals surface area contributed by atoms with E-state index in [9.17, 15) is 26.3 Å². The Morgan fingerprint density at radius 1 is 0.974 bits per heavy atom. The molecule has 0 aromatic carbocycles. The smallest absolute Gasteiger partial charge is 0.475 e. The van der Waals surface area contributed by atoms with Gasteiger partial charge >= 0.3 is 24.3 Å². The van der Waals surface area contributed by atoms with Crippen LogP contribution in [0.5, 0.6) is 0 Å². The monoisotopic (exact) mass is 575 g/mol. The first-order valence-electron chi connectivity index (χ1n) is 12.0. The highest BCUT2D eigenvalue weighted by atomic mass is 19.4. The quantitative estimate of drug-likeness (QED) is 0.518. The average molecular weight is 576 g/mol. The Labute approximate surface area is 220 Å². The lowest BCUT2D eigenvalue weighted by atomic mass is 10.00. The lowest BCUT2D eigenvalue weighted by molar-refractivity contribution is -0.193. The van der Waals surface area contributed by atoms with E-state index in [4.69, 9.17) is 34.0 Å². The molecule has 2 atom stereocenters. The molecule has 10 nitrogen and oxygen atoms in total. The van der Waals surface area contributed by atoms with Crippen LogP contribution in [0.4, 0.5) is 26.3 Å². The third kappa shape index (κ3) is 12.0. The minimum Gasteiger partial charge on any atom is -0.475 e. The summed E-state index contributed by atoms with van der Waals surface area (Å²) in [6.07, 6.45) is -3.85. The fraction of sp³-hybridized carbons (Fsp3) is 0.696. The lowest BCUT2D eigenvalue weighted by Gasteiger charge is -2.33. The van der Waals surface area contributed by atoms with Crippen molar-refractivity contribution in [2.75, 3.05) is 59.2 Å². The number of halogens is 6. The predicted octanol–water partition coefficient (Wildman–Crippen LogP) is 2.43. The van der Waals surface area contributed by atoms with E-state index in [1.165, 1.54) is 5.56 Å². The second-order valence-electron chi connectivity index (χ2n) is 9.10. The van der Waals surface area contributed by atoms with Gasteiger partial charge in [0.2, 0.25) is 0 Å². The van der Waals surface area contributed by atoms with Gasteiger partial charge in [-0.15, -0.1) is 0 Å². The maximum atomic E-state index is 10.6. The van der Waals surface area contributed by atoms with Gasteiger partial charge in [0.15, 0.2) is 0 Å². The summed E-state index contributed by atoms with van der Waals surface area (Å²) >= 11 is 0. The van der Waals surface area contributed by atoms with Crippen molar-refractivity contribution < 1.29 is 60.4 Å².